The van der Waals surface area contributed by atoms with Crippen molar-refractivity contribution < 1.29 is 41.1 Å². The molecule has 11 rings (SSSR count). The molecule has 236 valence electrons. The van der Waals surface area contributed by atoms with E-state index in [0.717, 1.165) is 0 Å². The zero-order chi connectivity index (χ0) is 59.6. The molecule has 0 saturated heterocycles. The van der Waals surface area contributed by atoms with Crippen LogP contribution >= 0.6 is 11.3 Å². The summed E-state index contributed by atoms with van der Waals surface area (Å²) in [7, 11) is 0. The third-order valence-electron chi connectivity index (χ3n) is 8.62. The van der Waals surface area contributed by atoms with Crippen molar-refractivity contribution in [3.63, 3.8) is 0 Å². The van der Waals surface area contributed by atoms with Gasteiger partial charge in [0.25, 0.3) is 0 Å². The molecular formula is C50H30S. The molecule has 1 heterocycles. The van der Waals surface area contributed by atoms with Gasteiger partial charge in [0.1, 0.15) is 0 Å². The van der Waals surface area contributed by atoms with Crippen LogP contribution in [0.2, 0.25) is 0 Å². The van der Waals surface area contributed by atoms with Gasteiger partial charge in [-0.25, -0.2) is 0 Å². The number of fused-ring (bicyclic) bond motifs is 10. The fraction of sp³-hybridized carbons (Fsp3) is 0. The van der Waals surface area contributed by atoms with Crippen LogP contribution in [0.15, 0.2) is 181 Å². The molecule has 10 aromatic carbocycles. The van der Waals surface area contributed by atoms with Crippen LogP contribution in [0.25, 0.3) is 107 Å². The second-order valence-electron chi connectivity index (χ2n) is 11.3. The van der Waals surface area contributed by atoms with Gasteiger partial charge in [0, 0.05) is 25.7 Å². The number of rotatable bonds is 3. The maximum Gasteiger partial charge on any atom is 0.0638 e. The summed E-state index contributed by atoms with van der Waals surface area (Å²) in [5.41, 5.74) is -4.44. The van der Waals surface area contributed by atoms with Gasteiger partial charge in [-0.1, -0.05) is 169 Å². The zero-order valence-electron chi connectivity index (χ0n) is 55.4. The highest BCUT2D eigenvalue weighted by Gasteiger charge is 2.22. The Morgan fingerprint density at radius 1 is 0.333 bits per heavy atom. The van der Waals surface area contributed by atoms with Crippen LogP contribution in [0.5, 0.6) is 0 Å². The molecule has 0 N–H and O–H groups in total. The third kappa shape index (κ3) is 4.26. The molecule has 0 bridgehead atoms. The van der Waals surface area contributed by atoms with Crippen molar-refractivity contribution in [2.45, 2.75) is 0 Å². The Hall–Kier alpha value is -6.28. The first-order valence-electron chi connectivity index (χ1n) is 30.2. The van der Waals surface area contributed by atoms with Crippen LogP contribution < -0.4 is 0 Å². The minimum absolute atomic E-state index is 0.236. The lowest BCUT2D eigenvalue weighted by Gasteiger charge is -2.19. The maximum atomic E-state index is 10.1. The van der Waals surface area contributed by atoms with Crippen molar-refractivity contribution in [2.24, 2.45) is 0 Å². The second-order valence-corrected chi connectivity index (χ2v) is 12.3. The molecule has 11 aromatic rings. The summed E-state index contributed by atoms with van der Waals surface area (Å²) in [5, 5.41) is -6.65. The first kappa shape index (κ1) is 11.9. The molecule has 0 aliphatic carbocycles. The lowest BCUT2D eigenvalue weighted by atomic mass is 9.84. The van der Waals surface area contributed by atoms with Gasteiger partial charge in [0.15, 0.2) is 0 Å². The molecule has 0 aliphatic heterocycles. The zero-order valence-corrected chi connectivity index (χ0v) is 26.2. The molecule has 51 heavy (non-hydrogen) atoms. The quantitative estimate of drug-likeness (QED) is 0.162. The van der Waals surface area contributed by atoms with Gasteiger partial charge in [-0.2, -0.15) is 0 Å². The van der Waals surface area contributed by atoms with Crippen molar-refractivity contribution in [3.05, 3.63) is 181 Å². The lowest BCUT2D eigenvalue weighted by Crippen LogP contribution is -1.91. The van der Waals surface area contributed by atoms with Gasteiger partial charge in [-0.3, -0.25) is 0 Å². The van der Waals surface area contributed by atoms with Gasteiger partial charge >= 0.3 is 0 Å². The highest BCUT2D eigenvalue weighted by molar-refractivity contribution is 7.26. The Morgan fingerprint density at radius 3 is 1.49 bits per heavy atom. The van der Waals surface area contributed by atoms with Crippen LogP contribution in [-0.2, 0) is 0 Å². The number of thiophene rings is 1. The van der Waals surface area contributed by atoms with Crippen LogP contribution in [0, 0.1) is 0 Å². The fourth-order valence-corrected chi connectivity index (χ4v) is 7.70. The van der Waals surface area contributed by atoms with Crippen LogP contribution in [0.1, 0.15) is 41.1 Å². The molecular weight excluding hydrogens is 633 g/mol. The average molecular weight is 693 g/mol. The van der Waals surface area contributed by atoms with E-state index in [9.17, 15) is 16.4 Å². The van der Waals surface area contributed by atoms with E-state index < -0.39 is 263 Å². The molecule has 0 fully saturated rings. The van der Waals surface area contributed by atoms with E-state index in [2.05, 4.69) is 0 Å². The van der Waals surface area contributed by atoms with E-state index in [4.69, 9.17) is 24.7 Å². The summed E-state index contributed by atoms with van der Waals surface area (Å²) >= 11 is 0.571. The fourth-order valence-electron chi connectivity index (χ4n) is 6.52. The Labute approximate surface area is 341 Å². The highest BCUT2D eigenvalue weighted by atomic mass is 32.1. The number of hydrogen-bond acceptors (Lipinski definition) is 1. The SMILES string of the molecule is [2H]c1c([2H])c(-c2c3c([2H])c([2H])c([2H])c([2H])c3c(-c3c([2H])c4c([2H])c([2H])c([2H])c([2H])c4c4c3sc3c([2H])c([2H])c5c([2H])c([2H])c([2H])c([2H])c5c34)c3c([2H])c([2H])c([2H])c([2H])c23)c([2H])c([2H])c1-c1c([2H])c([2H])c([2H])c2c([2H])c([2H])c([2H])c([2H])c12. The Kier molecular flexibility index (Phi) is 2.60. The van der Waals surface area contributed by atoms with E-state index in [1.807, 2.05) is 0 Å². The summed E-state index contributed by atoms with van der Waals surface area (Å²) in [4.78, 5) is 0. The molecule has 0 unspecified atom stereocenters. The normalized spacial score (nSPS) is 20.2. The molecule has 0 spiro atoms. The maximum absolute atomic E-state index is 10.1. The van der Waals surface area contributed by atoms with E-state index in [1.165, 1.54) is 0 Å². The number of hydrogen-bond donors (Lipinski definition) is 0. The smallest absolute Gasteiger partial charge is 0.0638 e. The van der Waals surface area contributed by atoms with Crippen molar-refractivity contribution in [2.75, 3.05) is 0 Å². The second kappa shape index (κ2) is 11.1. The van der Waals surface area contributed by atoms with Crippen molar-refractivity contribution >= 4 is 85.4 Å². The van der Waals surface area contributed by atoms with Gasteiger partial charge in [-0.05, 0) is 93.8 Å². The largest absolute Gasteiger partial charge is 0.134 e. The van der Waals surface area contributed by atoms with Gasteiger partial charge < -0.3 is 0 Å². The summed E-state index contributed by atoms with van der Waals surface area (Å²) in [5.74, 6) is 0. The van der Waals surface area contributed by atoms with Crippen LogP contribution in [0.4, 0.5) is 0 Å². The molecule has 0 nitrogen and oxygen atoms in total. The van der Waals surface area contributed by atoms with E-state index in [0.29, 0.717) is 11.3 Å². The first-order chi connectivity index (χ1) is 37.8. The number of benzene rings is 10. The lowest BCUT2D eigenvalue weighted by molar-refractivity contribution is 1.63. The minimum Gasteiger partial charge on any atom is -0.134 e. The molecule has 1 aromatic heterocycles. The molecule has 0 aliphatic rings. The standard InChI is InChI=1S/C50H30S/c1-4-16-36-31(12-1)15-11-23-37(36)33-24-26-34(27-25-33)46-40-19-7-9-21-42(40)47(43-22-10-8-20-41(43)46)44-30-35-14-3-6-18-39(35)49-48-38-17-5-2-13-32(38)28-29-45(48)51-50(44)49/h1-30H/i1D,2D,3D,4D,5D,6D,7D,8D,9D,10D,11D,12D,13D,14D,15D,16D,17D,18D,19D,20D,21D,22D,23D,24D,25D,26D,27D,28D,29D,30D. The topological polar surface area (TPSA) is 0 Å². The summed E-state index contributed by atoms with van der Waals surface area (Å²) in [6.45, 7) is 0. The minimum atomic E-state index is -1.11. The average Bonchev–Trinajstić information content (AvgIpc) is 2.42. The third-order valence-corrected chi connectivity index (χ3v) is 9.75. The molecule has 0 radical (unpaired) electrons. The summed E-state index contributed by atoms with van der Waals surface area (Å²) in [6.07, 6.45) is 0. The first-order valence-corrected chi connectivity index (χ1v) is 16.0. The molecule has 0 amide bonds. The van der Waals surface area contributed by atoms with Crippen molar-refractivity contribution in [3.8, 4) is 33.4 Å². The van der Waals surface area contributed by atoms with Crippen LogP contribution in [-0.4, -0.2) is 0 Å². The van der Waals surface area contributed by atoms with Crippen molar-refractivity contribution in [1.29, 1.82) is 0 Å². The highest BCUT2D eigenvalue weighted by Crippen LogP contribution is 2.51. The Balaban J connectivity index is 1.45. The summed E-state index contributed by atoms with van der Waals surface area (Å²) in [6, 6.07) is -27.3. The molecule has 0 saturated carbocycles. The predicted molar refractivity (Wildman–Crippen MR) is 223 cm³/mol. The molecule has 1 heteroatoms. The van der Waals surface area contributed by atoms with E-state index in [1.54, 1.807) is 0 Å². The van der Waals surface area contributed by atoms with E-state index >= 15 is 0 Å². The molecule has 0 atom stereocenters. The monoisotopic (exact) mass is 692 g/mol. The van der Waals surface area contributed by atoms with Gasteiger partial charge in [0.05, 0.1) is 41.1 Å². The van der Waals surface area contributed by atoms with Crippen molar-refractivity contribution in [1.82, 2.24) is 0 Å². The van der Waals surface area contributed by atoms with Gasteiger partial charge in [-0.15, -0.1) is 11.3 Å². The van der Waals surface area contributed by atoms with E-state index in [-0.39, 0.29) is 25.6 Å². The Morgan fingerprint density at radius 2 is 0.824 bits per heavy atom. The predicted octanol–water partition coefficient (Wildman–Crippen LogP) is 14.8. The van der Waals surface area contributed by atoms with Crippen LogP contribution in [0.3, 0.4) is 0 Å². The van der Waals surface area contributed by atoms with Gasteiger partial charge in [0.2, 0.25) is 0 Å². The Bertz CT molecular complexity index is 4810. The summed E-state index contributed by atoms with van der Waals surface area (Å²) < 4.78 is 273.